The monoisotopic (exact) mass is 395 g/mol. The predicted molar refractivity (Wildman–Crippen MR) is 69.6 cm³/mol. The van der Waals surface area contributed by atoms with Crippen molar-refractivity contribution in [3.05, 3.63) is 24.0 Å². The van der Waals surface area contributed by atoms with Gasteiger partial charge in [-0.25, -0.2) is 22.7 Å². The van der Waals surface area contributed by atoms with Crippen LogP contribution in [0.3, 0.4) is 0 Å². The molecule has 0 bridgehead atoms. The van der Waals surface area contributed by atoms with Crippen molar-refractivity contribution >= 4 is 21.1 Å². The third-order valence-electron chi connectivity index (χ3n) is 3.27. The van der Waals surface area contributed by atoms with E-state index in [0.717, 1.165) is 29.9 Å². The Bertz CT molecular complexity index is 707. The number of primary sulfonamides is 1. The molecule has 106 valence electrons. The molecule has 0 saturated heterocycles. The van der Waals surface area contributed by atoms with E-state index in [1.807, 2.05) is 19.9 Å². The van der Waals surface area contributed by atoms with E-state index in [9.17, 15) is 8.42 Å². The Hall–Kier alpha value is -0.670. The molecule has 19 heavy (non-hydrogen) atoms. The van der Waals surface area contributed by atoms with E-state index >= 15 is 0 Å². The van der Waals surface area contributed by atoms with Gasteiger partial charge in [0.2, 0.25) is 10.0 Å². The van der Waals surface area contributed by atoms with Gasteiger partial charge in [0, 0.05) is 13.0 Å². The first-order valence-electron chi connectivity index (χ1n) is 5.95. The molecule has 0 aliphatic carbocycles. The molecule has 1 aromatic carbocycles. The summed E-state index contributed by atoms with van der Waals surface area (Å²) >= 11 is 0. The Morgan fingerprint density at radius 1 is 1.32 bits per heavy atom. The van der Waals surface area contributed by atoms with E-state index < -0.39 is 10.0 Å². The van der Waals surface area contributed by atoms with Gasteiger partial charge >= 0.3 is 0 Å². The van der Waals surface area contributed by atoms with E-state index in [1.165, 1.54) is 0 Å². The number of nitrogens with two attached hydrogens (primary N) is 1. The second-order valence-corrected chi connectivity index (χ2v) is 5.79. The Kier molecular flexibility index (Phi) is 4.97. The van der Waals surface area contributed by atoms with Crippen LogP contribution in [-0.2, 0) is 23.1 Å². The van der Waals surface area contributed by atoms with Crippen LogP contribution in [0.2, 0.25) is 0 Å². The number of benzene rings is 1. The van der Waals surface area contributed by atoms with E-state index in [4.69, 9.17) is 5.14 Å². The fraction of sp³-hybridized carbons (Fsp3) is 0.417. The number of imidazole rings is 1. The second-order valence-electron chi connectivity index (χ2n) is 4.23. The summed E-state index contributed by atoms with van der Waals surface area (Å²) in [5, 5.41) is 5.17. The standard InChI is InChI=1S/C12H18N3O2S.HI/c1-4-14-9(3)15(5-2)12-8-10(18(13,16)17)6-7-11(12)14;/h6-8H,4-5H2,1-3H3,(H2,13,16,17);1H/q+1;/p-1. The van der Waals surface area contributed by atoms with Crippen LogP contribution in [0, 0.1) is 6.92 Å². The van der Waals surface area contributed by atoms with Crippen molar-refractivity contribution in [2.75, 3.05) is 0 Å². The molecule has 0 radical (unpaired) electrons. The number of sulfonamides is 1. The highest BCUT2D eigenvalue weighted by Crippen LogP contribution is 2.18. The molecule has 0 spiro atoms. The number of hydrogen-bond acceptors (Lipinski definition) is 2. The first-order chi connectivity index (χ1) is 8.40. The van der Waals surface area contributed by atoms with E-state index in [0.29, 0.717) is 0 Å². The minimum absolute atomic E-state index is 0. The maximum Gasteiger partial charge on any atom is 0.254 e. The minimum Gasteiger partial charge on any atom is -1.00 e. The van der Waals surface area contributed by atoms with E-state index in [-0.39, 0.29) is 28.9 Å². The molecule has 0 atom stereocenters. The summed E-state index contributed by atoms with van der Waals surface area (Å²) in [6, 6.07) is 5.02. The van der Waals surface area contributed by atoms with Crippen LogP contribution in [0.15, 0.2) is 23.1 Å². The maximum absolute atomic E-state index is 11.4. The van der Waals surface area contributed by atoms with Crippen molar-refractivity contribution in [2.45, 2.75) is 38.8 Å². The highest BCUT2D eigenvalue weighted by atomic mass is 127. The lowest BCUT2D eigenvalue weighted by Gasteiger charge is -1.97. The lowest BCUT2D eigenvalue weighted by Crippen LogP contribution is -3.00. The van der Waals surface area contributed by atoms with Gasteiger partial charge in [-0.15, -0.1) is 0 Å². The second kappa shape index (κ2) is 5.76. The number of hydrogen-bond donors (Lipinski definition) is 1. The van der Waals surface area contributed by atoms with Crippen LogP contribution in [-0.4, -0.2) is 13.0 Å². The number of halogens is 1. The van der Waals surface area contributed by atoms with Gasteiger partial charge in [-0.3, -0.25) is 0 Å². The number of nitrogens with zero attached hydrogens (tertiary/aromatic N) is 2. The summed E-state index contributed by atoms with van der Waals surface area (Å²) in [4.78, 5) is 0.158. The highest BCUT2D eigenvalue weighted by Gasteiger charge is 2.21. The van der Waals surface area contributed by atoms with Crippen LogP contribution < -0.4 is 33.7 Å². The Labute approximate surface area is 130 Å². The molecule has 2 N–H and O–H groups in total. The topological polar surface area (TPSA) is 69.0 Å². The molecule has 0 amide bonds. The summed E-state index contributed by atoms with van der Waals surface area (Å²) in [7, 11) is -3.65. The third-order valence-corrected chi connectivity index (χ3v) is 4.18. The van der Waals surface area contributed by atoms with Gasteiger partial charge in [0.05, 0.1) is 18.0 Å². The molecular weight excluding hydrogens is 377 g/mol. The quantitative estimate of drug-likeness (QED) is 0.479. The maximum atomic E-state index is 11.4. The first kappa shape index (κ1) is 16.4. The van der Waals surface area contributed by atoms with Crippen LogP contribution in [0.4, 0.5) is 0 Å². The molecule has 7 heteroatoms. The van der Waals surface area contributed by atoms with Gasteiger partial charge in [0.1, 0.15) is 0 Å². The largest absolute Gasteiger partial charge is 1.00 e. The van der Waals surface area contributed by atoms with Crippen molar-refractivity contribution < 1.29 is 37.0 Å². The minimum atomic E-state index is -3.65. The van der Waals surface area contributed by atoms with Crippen molar-refractivity contribution in [1.82, 2.24) is 4.57 Å². The number of fused-ring (bicyclic) bond motifs is 1. The van der Waals surface area contributed by atoms with Gasteiger partial charge in [0.15, 0.2) is 11.0 Å². The van der Waals surface area contributed by atoms with Crippen LogP contribution in [0.5, 0.6) is 0 Å². The van der Waals surface area contributed by atoms with E-state index in [1.54, 1.807) is 12.1 Å². The number of aryl methyl sites for hydroxylation is 2. The van der Waals surface area contributed by atoms with Crippen LogP contribution in [0.1, 0.15) is 19.7 Å². The summed E-state index contributed by atoms with van der Waals surface area (Å²) in [6.45, 7) is 7.78. The molecule has 2 rings (SSSR count). The van der Waals surface area contributed by atoms with Crippen molar-refractivity contribution in [2.24, 2.45) is 5.14 Å². The summed E-state index contributed by atoms with van der Waals surface area (Å²) < 4.78 is 27.0. The van der Waals surface area contributed by atoms with Crippen molar-refractivity contribution in [3.63, 3.8) is 0 Å². The molecule has 0 aliphatic heterocycles. The van der Waals surface area contributed by atoms with Gasteiger partial charge in [-0.2, -0.15) is 0 Å². The third kappa shape index (κ3) is 2.77. The summed E-state index contributed by atoms with van der Waals surface area (Å²) in [5.74, 6) is 1.11. The zero-order valence-electron chi connectivity index (χ0n) is 11.2. The smallest absolute Gasteiger partial charge is 0.254 e. The molecule has 0 unspecified atom stereocenters. The van der Waals surface area contributed by atoms with Gasteiger partial charge in [-0.1, -0.05) is 0 Å². The molecule has 1 heterocycles. The normalized spacial score (nSPS) is 11.6. The first-order valence-corrected chi connectivity index (χ1v) is 7.50. The van der Waals surface area contributed by atoms with Crippen LogP contribution >= 0.6 is 0 Å². The van der Waals surface area contributed by atoms with Gasteiger partial charge in [0.25, 0.3) is 5.82 Å². The van der Waals surface area contributed by atoms with Gasteiger partial charge < -0.3 is 24.0 Å². The van der Waals surface area contributed by atoms with Crippen LogP contribution in [0.25, 0.3) is 11.0 Å². The zero-order chi connectivity index (χ0) is 13.5. The lowest BCUT2D eigenvalue weighted by atomic mass is 10.3. The average molecular weight is 395 g/mol. The fourth-order valence-electron chi connectivity index (χ4n) is 2.42. The lowest BCUT2D eigenvalue weighted by molar-refractivity contribution is -0.674. The molecule has 0 saturated carbocycles. The molecule has 1 aromatic heterocycles. The Morgan fingerprint density at radius 3 is 2.42 bits per heavy atom. The summed E-state index contributed by atoms with van der Waals surface area (Å²) in [5.41, 5.74) is 1.94. The Balaban J connectivity index is 0.00000180. The zero-order valence-corrected chi connectivity index (χ0v) is 14.2. The van der Waals surface area contributed by atoms with Crippen molar-refractivity contribution in [3.8, 4) is 0 Å². The fourth-order valence-corrected chi connectivity index (χ4v) is 2.95. The summed E-state index contributed by atoms with van der Waals surface area (Å²) in [6.07, 6.45) is 0. The molecule has 5 nitrogen and oxygen atoms in total. The molecule has 0 fully saturated rings. The van der Waals surface area contributed by atoms with E-state index in [2.05, 4.69) is 16.1 Å². The average Bonchev–Trinajstić information content (AvgIpc) is 2.58. The molecule has 2 aromatic rings. The van der Waals surface area contributed by atoms with Gasteiger partial charge in [-0.05, 0) is 26.0 Å². The molecular formula is C12H18IN3O2S. The van der Waals surface area contributed by atoms with Crippen molar-refractivity contribution in [1.29, 1.82) is 0 Å². The molecule has 0 aliphatic rings. The number of rotatable bonds is 3. The SMILES string of the molecule is CCn1c(C)[n+](CC)c2ccc(S(N)(=O)=O)cc21.[I-]. The Morgan fingerprint density at radius 2 is 1.95 bits per heavy atom. The highest BCUT2D eigenvalue weighted by molar-refractivity contribution is 7.89. The number of aromatic nitrogens is 2. The predicted octanol–water partition coefficient (Wildman–Crippen LogP) is -2.07.